The van der Waals surface area contributed by atoms with Gasteiger partial charge in [0.2, 0.25) is 5.91 Å². The summed E-state index contributed by atoms with van der Waals surface area (Å²) < 4.78 is 0. The minimum absolute atomic E-state index is 0.0690. The van der Waals surface area contributed by atoms with Crippen LogP contribution in [0.2, 0.25) is 0 Å². The number of allylic oxidation sites excluding steroid dienone is 1. The number of nitrogens with zero attached hydrogens (tertiary/aromatic N) is 2. The number of rotatable bonds is 3. The summed E-state index contributed by atoms with van der Waals surface area (Å²) in [5, 5.41) is 2.52. The molecular formula is C24H22N2O2S. The van der Waals surface area contributed by atoms with Gasteiger partial charge in [0.15, 0.2) is 10.9 Å². The van der Waals surface area contributed by atoms with Gasteiger partial charge in [-0.1, -0.05) is 42.5 Å². The maximum atomic E-state index is 12.8. The summed E-state index contributed by atoms with van der Waals surface area (Å²) in [6.07, 6.45) is 3.42. The number of ketones is 1. The number of carbonyl (C=O) groups excluding carboxylic acids is 2. The second-order valence-corrected chi connectivity index (χ2v) is 8.14. The second-order valence-electron chi connectivity index (χ2n) is 7.31. The molecule has 1 aliphatic rings. The number of aryl methyl sites for hydroxylation is 3. The van der Waals surface area contributed by atoms with Gasteiger partial charge >= 0.3 is 0 Å². The van der Waals surface area contributed by atoms with Crippen LogP contribution in [0.4, 0.5) is 10.8 Å². The van der Waals surface area contributed by atoms with Gasteiger partial charge < -0.3 is 0 Å². The monoisotopic (exact) mass is 402 g/mol. The van der Waals surface area contributed by atoms with Crippen molar-refractivity contribution in [1.82, 2.24) is 4.98 Å². The van der Waals surface area contributed by atoms with Crippen LogP contribution in [0, 0.1) is 13.8 Å². The number of carbonyl (C=O) groups is 2. The van der Waals surface area contributed by atoms with Crippen LogP contribution < -0.4 is 4.90 Å². The summed E-state index contributed by atoms with van der Waals surface area (Å²) in [6, 6.07) is 13.7. The number of para-hydroxylation sites is 1. The molecule has 0 radical (unpaired) electrons. The van der Waals surface area contributed by atoms with E-state index in [0.29, 0.717) is 17.2 Å². The van der Waals surface area contributed by atoms with Crippen molar-refractivity contribution in [1.29, 1.82) is 0 Å². The predicted molar refractivity (Wildman–Crippen MR) is 118 cm³/mol. The van der Waals surface area contributed by atoms with Crippen molar-refractivity contribution in [3.63, 3.8) is 0 Å². The number of Topliss-reactive ketones (excluding diaryl/α,β-unsaturated/α-hetero) is 1. The van der Waals surface area contributed by atoms with Crippen LogP contribution in [0.15, 0.2) is 53.4 Å². The van der Waals surface area contributed by atoms with E-state index < -0.39 is 0 Å². The maximum Gasteiger partial charge on any atom is 0.230 e. The summed E-state index contributed by atoms with van der Waals surface area (Å²) >= 11 is 1.41. The van der Waals surface area contributed by atoms with Crippen molar-refractivity contribution < 1.29 is 9.59 Å². The molecule has 0 N–H and O–H groups in total. The predicted octanol–water partition coefficient (Wildman–Crippen LogP) is 5.66. The molecular weight excluding hydrogens is 380 g/mol. The molecule has 1 heterocycles. The molecule has 29 heavy (non-hydrogen) atoms. The number of thiazole rings is 1. The number of hydrogen-bond acceptors (Lipinski definition) is 4. The van der Waals surface area contributed by atoms with Gasteiger partial charge in [-0.05, 0) is 49.5 Å². The average Bonchev–Trinajstić information content (AvgIpc) is 3.15. The minimum atomic E-state index is -0.0846. The lowest BCUT2D eigenvalue weighted by molar-refractivity contribution is -0.115. The Labute approximate surface area is 174 Å². The Morgan fingerprint density at radius 3 is 2.52 bits per heavy atom. The van der Waals surface area contributed by atoms with E-state index in [4.69, 9.17) is 0 Å². The van der Waals surface area contributed by atoms with Crippen LogP contribution in [-0.4, -0.2) is 16.7 Å². The molecule has 1 aliphatic carbocycles. The molecule has 146 valence electrons. The molecule has 0 bridgehead atoms. The zero-order valence-electron chi connectivity index (χ0n) is 16.7. The van der Waals surface area contributed by atoms with Gasteiger partial charge in [0.25, 0.3) is 0 Å². The normalized spacial score (nSPS) is 14.7. The van der Waals surface area contributed by atoms with Crippen LogP contribution in [0.3, 0.4) is 0 Å². The van der Waals surface area contributed by atoms with Crippen molar-refractivity contribution in [3.8, 4) is 0 Å². The van der Waals surface area contributed by atoms with E-state index in [1.54, 1.807) is 11.8 Å². The highest BCUT2D eigenvalue weighted by Gasteiger charge is 2.23. The molecule has 0 spiro atoms. The Morgan fingerprint density at radius 1 is 1.07 bits per heavy atom. The molecule has 0 unspecified atom stereocenters. The van der Waals surface area contributed by atoms with E-state index in [-0.39, 0.29) is 11.7 Å². The fourth-order valence-electron chi connectivity index (χ4n) is 3.82. The number of fused-ring (bicyclic) bond motifs is 1. The first-order valence-electron chi connectivity index (χ1n) is 9.61. The summed E-state index contributed by atoms with van der Waals surface area (Å²) in [5.41, 5.74) is 6.28. The Balaban J connectivity index is 1.68. The average molecular weight is 403 g/mol. The van der Waals surface area contributed by atoms with Crippen LogP contribution >= 0.6 is 11.3 Å². The van der Waals surface area contributed by atoms with Gasteiger partial charge in [-0.25, -0.2) is 4.98 Å². The lowest BCUT2D eigenvalue weighted by Crippen LogP contribution is -2.24. The number of amides is 1. The number of aromatic nitrogens is 1. The maximum absolute atomic E-state index is 12.8. The van der Waals surface area contributed by atoms with Gasteiger partial charge in [-0.3, -0.25) is 14.5 Å². The number of hydrogen-bond donors (Lipinski definition) is 0. The highest BCUT2D eigenvalue weighted by atomic mass is 32.1. The molecule has 0 saturated carbocycles. The third-order valence-corrected chi connectivity index (χ3v) is 6.06. The first-order valence-corrected chi connectivity index (χ1v) is 10.5. The van der Waals surface area contributed by atoms with Gasteiger partial charge in [0.1, 0.15) is 0 Å². The Hall–Kier alpha value is -3.05. The molecule has 1 aromatic heterocycles. The van der Waals surface area contributed by atoms with Gasteiger partial charge in [-0.2, -0.15) is 0 Å². The quantitative estimate of drug-likeness (QED) is 0.531. The Bertz CT molecular complexity index is 1120. The van der Waals surface area contributed by atoms with E-state index in [9.17, 15) is 9.59 Å². The lowest BCUT2D eigenvalue weighted by Gasteiger charge is -2.22. The zero-order chi connectivity index (χ0) is 20.5. The fourth-order valence-corrected chi connectivity index (χ4v) is 4.65. The third-order valence-electron chi connectivity index (χ3n) is 5.22. The van der Waals surface area contributed by atoms with Crippen molar-refractivity contribution in [2.24, 2.45) is 0 Å². The van der Waals surface area contributed by atoms with E-state index in [1.165, 1.54) is 11.3 Å². The van der Waals surface area contributed by atoms with Gasteiger partial charge in [0, 0.05) is 23.4 Å². The highest BCUT2D eigenvalue weighted by molar-refractivity contribution is 7.14. The SMILES string of the molecule is CC(=O)N(c1nc(/C=C2\CCc3ccccc3C2=O)cs1)c1c(C)cccc1C. The Kier molecular flexibility index (Phi) is 5.16. The molecule has 0 aliphatic heterocycles. The number of benzene rings is 2. The van der Waals surface area contributed by atoms with Crippen molar-refractivity contribution in [2.45, 2.75) is 33.6 Å². The third kappa shape index (κ3) is 3.66. The molecule has 0 atom stereocenters. The summed E-state index contributed by atoms with van der Waals surface area (Å²) in [4.78, 5) is 31.6. The zero-order valence-corrected chi connectivity index (χ0v) is 17.5. The van der Waals surface area contributed by atoms with Crippen LogP contribution in [0.5, 0.6) is 0 Å². The van der Waals surface area contributed by atoms with E-state index >= 15 is 0 Å². The summed E-state index contributed by atoms with van der Waals surface area (Å²) in [5.74, 6) is -0.0156. The van der Waals surface area contributed by atoms with Crippen molar-refractivity contribution >= 4 is 39.9 Å². The van der Waals surface area contributed by atoms with E-state index in [0.717, 1.165) is 39.9 Å². The molecule has 1 amide bonds. The molecule has 5 heteroatoms. The summed E-state index contributed by atoms with van der Waals surface area (Å²) in [6.45, 7) is 5.53. The van der Waals surface area contributed by atoms with Crippen LogP contribution in [0.25, 0.3) is 6.08 Å². The first-order chi connectivity index (χ1) is 14.0. The van der Waals surface area contributed by atoms with Crippen LogP contribution in [0.1, 0.15) is 46.1 Å². The second kappa shape index (κ2) is 7.76. The lowest BCUT2D eigenvalue weighted by atomic mass is 9.86. The first kappa shape index (κ1) is 19.3. The van der Waals surface area contributed by atoms with E-state index in [1.807, 2.05) is 67.8 Å². The highest BCUT2D eigenvalue weighted by Crippen LogP contribution is 2.34. The molecule has 2 aromatic carbocycles. The molecule has 4 nitrogen and oxygen atoms in total. The molecule has 0 saturated heterocycles. The molecule has 4 rings (SSSR count). The molecule has 3 aromatic rings. The van der Waals surface area contributed by atoms with Gasteiger partial charge in [0.05, 0.1) is 11.4 Å². The number of anilines is 2. The summed E-state index contributed by atoms with van der Waals surface area (Å²) in [7, 11) is 0. The smallest absolute Gasteiger partial charge is 0.230 e. The van der Waals surface area contributed by atoms with Crippen LogP contribution in [-0.2, 0) is 11.2 Å². The van der Waals surface area contributed by atoms with Gasteiger partial charge in [-0.15, -0.1) is 11.3 Å². The fraction of sp³-hybridized carbons (Fsp3) is 0.208. The van der Waals surface area contributed by atoms with Crippen molar-refractivity contribution in [3.05, 3.63) is 81.4 Å². The minimum Gasteiger partial charge on any atom is -0.289 e. The standard InChI is InChI=1S/C24H22N2O2S/c1-15-7-6-8-16(2)22(15)26(17(3)27)24-25-20(14-29-24)13-19-12-11-18-9-4-5-10-21(18)23(19)28/h4-10,13-14H,11-12H2,1-3H3/b19-13+. The Morgan fingerprint density at radius 2 is 1.79 bits per heavy atom. The van der Waals surface area contributed by atoms with E-state index in [2.05, 4.69) is 4.98 Å². The molecule has 0 fully saturated rings. The topological polar surface area (TPSA) is 50.3 Å². The largest absolute Gasteiger partial charge is 0.289 e. The van der Waals surface area contributed by atoms with Crippen molar-refractivity contribution in [2.75, 3.05) is 4.90 Å².